The molecule has 2 aromatic heterocycles. The first-order chi connectivity index (χ1) is 16.4. The Balaban J connectivity index is 1.46. The molecule has 0 saturated carbocycles. The minimum atomic E-state index is -0.607. The zero-order valence-corrected chi connectivity index (χ0v) is 19.7. The lowest BCUT2D eigenvalue weighted by Crippen LogP contribution is -2.37. The van der Waals surface area contributed by atoms with E-state index in [1.165, 1.54) is 11.3 Å². The molecule has 2 aromatic carbocycles. The second-order valence-corrected chi connectivity index (χ2v) is 9.65. The minimum Gasteiger partial charge on any atom is -0.394 e. The molecule has 8 nitrogen and oxygen atoms in total. The molecule has 0 spiro atoms. The average molecular weight is 479 g/mol. The van der Waals surface area contributed by atoms with Crippen molar-refractivity contribution in [1.29, 1.82) is 0 Å². The maximum atomic E-state index is 13.1. The van der Waals surface area contributed by atoms with Crippen molar-refractivity contribution in [3.63, 3.8) is 0 Å². The van der Waals surface area contributed by atoms with Crippen LogP contribution in [0.3, 0.4) is 0 Å². The standard InChI is InChI=1S/C25H26N4O4S/c1-14-8-16-9-17(6-7-21(16)29(14)25(33)26-2)27-20-5-3-4-15-10-22(34-23(15)20)24(32)28-12-19(31)11-18(28)13-30/h3-10,18-19,27,30-31H,11-13H2,1-2H3,(H,26,33). The summed E-state index contributed by atoms with van der Waals surface area (Å²) in [5, 5.41) is 27.6. The topological polar surface area (TPSA) is 107 Å². The highest BCUT2D eigenvalue weighted by Gasteiger charge is 2.35. The van der Waals surface area contributed by atoms with Gasteiger partial charge in [-0.05, 0) is 55.1 Å². The van der Waals surface area contributed by atoms with Gasteiger partial charge in [0, 0.05) is 30.4 Å². The molecule has 2 unspecified atom stereocenters. The number of likely N-dealkylation sites (tertiary alicyclic amines) is 1. The molecule has 1 aliphatic heterocycles. The van der Waals surface area contributed by atoms with Crippen LogP contribution in [0, 0.1) is 6.92 Å². The Kier molecular flexibility index (Phi) is 5.76. The summed E-state index contributed by atoms with van der Waals surface area (Å²) in [6.07, 6.45) is -0.215. The van der Waals surface area contributed by atoms with E-state index in [1.54, 1.807) is 16.5 Å². The van der Waals surface area contributed by atoms with Crippen molar-refractivity contribution in [2.24, 2.45) is 0 Å². The van der Waals surface area contributed by atoms with Crippen LogP contribution in [0.5, 0.6) is 0 Å². The number of benzene rings is 2. The van der Waals surface area contributed by atoms with Crippen molar-refractivity contribution < 1.29 is 19.8 Å². The molecule has 0 aliphatic carbocycles. The molecule has 1 aliphatic rings. The second kappa shape index (κ2) is 8.75. The molecule has 0 radical (unpaired) electrons. The van der Waals surface area contributed by atoms with Gasteiger partial charge in [0.2, 0.25) is 0 Å². The lowest BCUT2D eigenvalue weighted by molar-refractivity contribution is 0.0670. The highest BCUT2D eigenvalue weighted by molar-refractivity contribution is 7.21. The minimum absolute atomic E-state index is 0.163. The molecule has 176 valence electrons. The third-order valence-electron chi connectivity index (χ3n) is 6.30. The van der Waals surface area contributed by atoms with E-state index in [2.05, 4.69) is 10.6 Å². The smallest absolute Gasteiger partial charge is 0.325 e. The van der Waals surface area contributed by atoms with Crippen molar-refractivity contribution in [2.75, 3.05) is 25.5 Å². The number of hydrogen-bond acceptors (Lipinski definition) is 6. The monoisotopic (exact) mass is 478 g/mol. The summed E-state index contributed by atoms with van der Waals surface area (Å²) in [4.78, 5) is 27.5. The summed E-state index contributed by atoms with van der Waals surface area (Å²) >= 11 is 1.39. The van der Waals surface area contributed by atoms with Crippen LogP contribution in [0.25, 0.3) is 21.0 Å². The van der Waals surface area contributed by atoms with Gasteiger partial charge in [0.15, 0.2) is 0 Å². The zero-order valence-electron chi connectivity index (χ0n) is 18.9. The summed E-state index contributed by atoms with van der Waals surface area (Å²) < 4.78 is 2.59. The molecule has 5 rings (SSSR count). The van der Waals surface area contributed by atoms with E-state index >= 15 is 0 Å². The van der Waals surface area contributed by atoms with E-state index in [0.29, 0.717) is 11.3 Å². The first-order valence-electron chi connectivity index (χ1n) is 11.1. The number of aliphatic hydroxyl groups excluding tert-OH is 2. The SMILES string of the molecule is CNC(=O)n1c(C)cc2cc(Nc3cccc4cc(C(=O)N5CC(O)CC5CO)sc34)ccc21. The molecule has 0 bridgehead atoms. The molecule has 3 heterocycles. The van der Waals surface area contributed by atoms with E-state index in [4.69, 9.17) is 0 Å². The number of nitrogens with zero attached hydrogens (tertiary/aromatic N) is 2. The molecular weight excluding hydrogens is 452 g/mol. The summed E-state index contributed by atoms with van der Waals surface area (Å²) in [5.41, 5.74) is 3.43. The fourth-order valence-corrected chi connectivity index (χ4v) is 5.77. The predicted octanol–water partition coefficient (Wildman–Crippen LogP) is 3.66. The second-order valence-electron chi connectivity index (χ2n) is 8.59. The van der Waals surface area contributed by atoms with E-state index in [1.807, 2.05) is 55.5 Å². The average Bonchev–Trinajstić information content (AvgIpc) is 3.52. The number of fused-ring (bicyclic) bond motifs is 2. The van der Waals surface area contributed by atoms with Crippen LogP contribution in [0.2, 0.25) is 0 Å². The number of thiophene rings is 1. The van der Waals surface area contributed by atoms with Crippen molar-refractivity contribution in [1.82, 2.24) is 14.8 Å². The number of β-amino-alcohol motifs (C(OH)–C–C–N with tert-alkyl or cyclic N) is 1. The number of nitrogens with one attached hydrogen (secondary N) is 2. The van der Waals surface area contributed by atoms with E-state index in [9.17, 15) is 19.8 Å². The Morgan fingerprint density at radius 2 is 1.97 bits per heavy atom. The Hall–Kier alpha value is -3.40. The van der Waals surface area contributed by atoms with E-state index < -0.39 is 6.10 Å². The van der Waals surface area contributed by atoms with Gasteiger partial charge in [0.05, 0.1) is 39.5 Å². The van der Waals surface area contributed by atoms with Crippen LogP contribution in [0.1, 0.15) is 21.8 Å². The normalized spacial score (nSPS) is 18.1. The van der Waals surface area contributed by atoms with Crippen molar-refractivity contribution in [3.8, 4) is 0 Å². The number of carbonyl (C=O) groups is 2. The Labute approximate surface area is 200 Å². The number of aromatic nitrogens is 1. The van der Waals surface area contributed by atoms with E-state index in [0.717, 1.165) is 38.1 Å². The number of carbonyl (C=O) groups excluding carboxylic acids is 2. The number of amides is 2. The summed E-state index contributed by atoms with van der Waals surface area (Å²) in [5.74, 6) is -0.171. The summed E-state index contributed by atoms with van der Waals surface area (Å²) in [7, 11) is 1.61. The third kappa shape index (κ3) is 3.81. The van der Waals surface area contributed by atoms with Crippen molar-refractivity contribution in [3.05, 3.63) is 59.1 Å². The Morgan fingerprint density at radius 3 is 2.74 bits per heavy atom. The van der Waals surface area contributed by atoms with Gasteiger partial charge in [0.25, 0.3) is 5.91 Å². The largest absolute Gasteiger partial charge is 0.394 e. The van der Waals surface area contributed by atoms with Crippen LogP contribution in [0.4, 0.5) is 16.2 Å². The summed E-state index contributed by atoms with van der Waals surface area (Å²) in [6, 6.07) is 15.0. The number of aryl methyl sites for hydroxylation is 1. The fourth-order valence-electron chi connectivity index (χ4n) is 4.69. The molecule has 2 atom stereocenters. The molecule has 4 N–H and O–H groups in total. The highest BCUT2D eigenvalue weighted by atomic mass is 32.1. The van der Waals surface area contributed by atoms with Crippen molar-refractivity contribution >= 4 is 55.6 Å². The van der Waals surface area contributed by atoms with Crippen molar-refractivity contribution in [2.45, 2.75) is 25.5 Å². The van der Waals surface area contributed by atoms with Gasteiger partial charge in [-0.1, -0.05) is 12.1 Å². The van der Waals surface area contributed by atoms with Gasteiger partial charge in [0.1, 0.15) is 0 Å². The molecule has 4 aromatic rings. The van der Waals surface area contributed by atoms with Crippen LogP contribution >= 0.6 is 11.3 Å². The van der Waals surface area contributed by atoms with Gasteiger partial charge in [-0.2, -0.15) is 0 Å². The number of rotatable bonds is 4. The van der Waals surface area contributed by atoms with E-state index in [-0.39, 0.29) is 31.1 Å². The molecule has 2 amide bonds. The van der Waals surface area contributed by atoms with Gasteiger partial charge in [-0.15, -0.1) is 11.3 Å². The maximum absolute atomic E-state index is 13.1. The molecule has 1 saturated heterocycles. The van der Waals surface area contributed by atoms with Crippen LogP contribution in [0.15, 0.2) is 48.5 Å². The lowest BCUT2D eigenvalue weighted by Gasteiger charge is -2.21. The Bertz CT molecular complexity index is 1410. The predicted molar refractivity (Wildman–Crippen MR) is 134 cm³/mol. The first kappa shape index (κ1) is 22.4. The number of aliphatic hydroxyl groups is 2. The van der Waals surface area contributed by atoms with Gasteiger partial charge in [-0.25, -0.2) is 4.79 Å². The molecular formula is C25H26N4O4S. The highest BCUT2D eigenvalue weighted by Crippen LogP contribution is 2.36. The van der Waals surface area contributed by atoms with Gasteiger partial charge in [-0.3, -0.25) is 9.36 Å². The zero-order chi connectivity index (χ0) is 24.0. The lowest BCUT2D eigenvalue weighted by atomic mass is 10.2. The van der Waals surface area contributed by atoms with Crippen LogP contribution in [-0.2, 0) is 0 Å². The molecule has 9 heteroatoms. The maximum Gasteiger partial charge on any atom is 0.325 e. The molecule has 1 fully saturated rings. The summed E-state index contributed by atoms with van der Waals surface area (Å²) in [6.45, 7) is 1.97. The number of anilines is 2. The third-order valence-corrected chi connectivity index (χ3v) is 7.47. The fraction of sp³-hybridized carbons (Fsp3) is 0.280. The first-order valence-corrected chi connectivity index (χ1v) is 11.9. The van der Waals surface area contributed by atoms with Crippen LogP contribution < -0.4 is 10.6 Å². The quantitative estimate of drug-likeness (QED) is 0.358. The van der Waals surface area contributed by atoms with Crippen LogP contribution in [-0.4, -0.2) is 64.0 Å². The van der Waals surface area contributed by atoms with Gasteiger partial charge >= 0.3 is 6.03 Å². The van der Waals surface area contributed by atoms with Gasteiger partial charge < -0.3 is 25.7 Å². The Morgan fingerprint density at radius 1 is 1.15 bits per heavy atom. The number of hydrogen-bond donors (Lipinski definition) is 4. The molecule has 34 heavy (non-hydrogen) atoms.